The lowest BCUT2D eigenvalue weighted by atomic mass is 9.82. The molecule has 0 bridgehead atoms. The third-order valence-electron chi connectivity index (χ3n) is 7.33. The number of carbonyl (C=O) groups excluding carboxylic acids is 2. The first-order valence-electron chi connectivity index (χ1n) is 12.7. The third kappa shape index (κ3) is 4.74. The Kier molecular flexibility index (Phi) is 6.70. The van der Waals surface area contributed by atoms with Crippen LogP contribution in [0.2, 0.25) is 0 Å². The van der Waals surface area contributed by atoms with E-state index in [1.807, 2.05) is 31.2 Å². The van der Waals surface area contributed by atoms with Crippen LogP contribution in [0.25, 0.3) is 22.4 Å². The van der Waals surface area contributed by atoms with Crippen molar-refractivity contribution < 1.29 is 9.59 Å². The minimum Gasteiger partial charge on any atom is -0.321 e. The third-order valence-corrected chi connectivity index (χ3v) is 8.37. The Morgan fingerprint density at radius 2 is 1.86 bits per heavy atom. The van der Waals surface area contributed by atoms with Gasteiger partial charge in [0.2, 0.25) is 0 Å². The summed E-state index contributed by atoms with van der Waals surface area (Å²) in [6.07, 6.45) is 5.33. The number of carbonyl (C=O) groups is 2. The first-order chi connectivity index (χ1) is 16.9. The molecule has 0 N–H and O–H groups in total. The first-order valence-corrected chi connectivity index (χ1v) is 13.5. The molecule has 1 aliphatic carbocycles. The smallest absolute Gasteiger partial charge is 0.173 e. The molecule has 35 heavy (non-hydrogen) atoms. The fraction of sp³-hybridized carbons (Fsp3) is 0.367. The van der Waals surface area contributed by atoms with Gasteiger partial charge in [-0.25, -0.2) is 4.98 Å². The van der Waals surface area contributed by atoms with Gasteiger partial charge in [0.05, 0.1) is 15.9 Å². The Morgan fingerprint density at radius 3 is 2.60 bits per heavy atom. The minimum absolute atomic E-state index is 0.138. The lowest BCUT2D eigenvalue weighted by molar-refractivity contribution is 0.0944. The number of rotatable bonds is 7. The van der Waals surface area contributed by atoms with Crippen LogP contribution in [0.3, 0.4) is 0 Å². The van der Waals surface area contributed by atoms with Gasteiger partial charge in [0.1, 0.15) is 5.82 Å². The number of benzene rings is 2. The molecule has 5 rings (SSSR count). The summed E-state index contributed by atoms with van der Waals surface area (Å²) in [5, 5.41) is 0. The average molecular weight is 485 g/mol. The number of aromatic nitrogens is 2. The molecular weight excluding hydrogens is 452 g/mol. The zero-order valence-corrected chi connectivity index (χ0v) is 21.5. The highest BCUT2D eigenvalue weighted by Crippen LogP contribution is 2.40. The standard InChI is InChI=1S/C30H32N2O2S/c1-4-27(33)22-13-14-26-25(18-22)31-30(24-11-6-5-8-19(24)2)32(26)23-10-7-9-21(16-23)17-28(34)29-15-12-20(3)35-29/h5-6,8,11-15,18,21,23H,4,7,9-10,16-17H2,1-3H3/t21-,23+/m1/s1. The largest absolute Gasteiger partial charge is 0.321 e. The van der Waals surface area contributed by atoms with Crippen LogP contribution in [-0.4, -0.2) is 21.1 Å². The van der Waals surface area contributed by atoms with Crippen LogP contribution in [0.1, 0.15) is 82.0 Å². The molecule has 0 saturated heterocycles. The van der Waals surface area contributed by atoms with E-state index >= 15 is 0 Å². The first kappa shape index (κ1) is 23.7. The highest BCUT2D eigenvalue weighted by atomic mass is 32.1. The van der Waals surface area contributed by atoms with Crippen LogP contribution in [-0.2, 0) is 0 Å². The minimum atomic E-state index is 0.138. The highest BCUT2D eigenvalue weighted by molar-refractivity contribution is 7.14. The van der Waals surface area contributed by atoms with Crippen molar-refractivity contribution in [3.63, 3.8) is 0 Å². The maximum atomic E-state index is 13.0. The molecule has 0 spiro atoms. The molecule has 0 unspecified atom stereocenters. The predicted molar refractivity (Wildman–Crippen MR) is 144 cm³/mol. The Morgan fingerprint density at radius 1 is 1.03 bits per heavy atom. The van der Waals surface area contributed by atoms with E-state index in [0.29, 0.717) is 18.8 Å². The molecule has 4 nitrogen and oxygen atoms in total. The van der Waals surface area contributed by atoms with E-state index in [2.05, 4.69) is 48.7 Å². The zero-order valence-electron chi connectivity index (χ0n) is 20.7. The Balaban J connectivity index is 1.52. The zero-order chi connectivity index (χ0) is 24.5. The summed E-state index contributed by atoms with van der Waals surface area (Å²) in [6, 6.07) is 18.6. The number of ketones is 2. The molecule has 0 aliphatic heterocycles. The molecule has 180 valence electrons. The van der Waals surface area contributed by atoms with E-state index in [1.54, 1.807) is 11.3 Å². The molecule has 1 fully saturated rings. The second-order valence-electron chi connectivity index (χ2n) is 9.82. The maximum absolute atomic E-state index is 13.0. The normalized spacial score (nSPS) is 18.1. The number of hydrogen-bond donors (Lipinski definition) is 0. The molecule has 4 aromatic rings. The van der Waals surface area contributed by atoms with Crippen LogP contribution >= 0.6 is 11.3 Å². The van der Waals surface area contributed by atoms with Crippen molar-refractivity contribution >= 4 is 33.9 Å². The maximum Gasteiger partial charge on any atom is 0.173 e. The van der Waals surface area contributed by atoms with Crippen LogP contribution in [0.4, 0.5) is 0 Å². The molecule has 2 aromatic heterocycles. The van der Waals surface area contributed by atoms with Crippen molar-refractivity contribution in [3.05, 3.63) is 75.5 Å². The van der Waals surface area contributed by atoms with E-state index in [9.17, 15) is 9.59 Å². The van der Waals surface area contributed by atoms with Crippen LogP contribution in [0, 0.1) is 19.8 Å². The van der Waals surface area contributed by atoms with Gasteiger partial charge in [0, 0.05) is 34.9 Å². The van der Waals surface area contributed by atoms with Crippen LogP contribution in [0.5, 0.6) is 0 Å². The quantitative estimate of drug-likeness (QED) is 0.250. The second-order valence-corrected chi connectivity index (χ2v) is 11.1. The van der Waals surface area contributed by atoms with E-state index in [4.69, 9.17) is 4.98 Å². The van der Waals surface area contributed by atoms with E-state index in [-0.39, 0.29) is 17.6 Å². The van der Waals surface area contributed by atoms with Crippen molar-refractivity contribution in [2.45, 2.75) is 65.3 Å². The van der Waals surface area contributed by atoms with Gasteiger partial charge in [-0.2, -0.15) is 0 Å². The van der Waals surface area contributed by atoms with Gasteiger partial charge in [-0.05, 0) is 74.9 Å². The van der Waals surface area contributed by atoms with E-state index < -0.39 is 0 Å². The number of imidazole rings is 1. The van der Waals surface area contributed by atoms with Crippen molar-refractivity contribution in [1.82, 2.24) is 9.55 Å². The molecule has 2 heterocycles. The monoisotopic (exact) mass is 484 g/mol. The molecule has 1 saturated carbocycles. The molecule has 1 aliphatic rings. The second kappa shape index (κ2) is 9.90. The van der Waals surface area contributed by atoms with Gasteiger partial charge >= 0.3 is 0 Å². The van der Waals surface area contributed by atoms with E-state index in [1.165, 1.54) is 10.4 Å². The summed E-state index contributed by atoms with van der Waals surface area (Å²) in [4.78, 5) is 32.5. The molecule has 0 amide bonds. The number of aryl methyl sites for hydroxylation is 2. The summed E-state index contributed by atoms with van der Waals surface area (Å²) >= 11 is 1.60. The topological polar surface area (TPSA) is 52.0 Å². The van der Waals surface area contributed by atoms with Gasteiger partial charge < -0.3 is 4.57 Å². The summed E-state index contributed by atoms with van der Waals surface area (Å²) in [6.45, 7) is 6.07. The lowest BCUT2D eigenvalue weighted by Crippen LogP contribution is -2.22. The molecule has 2 aromatic carbocycles. The Labute approximate surface area is 211 Å². The summed E-state index contributed by atoms with van der Waals surface area (Å²) in [5.41, 5.74) is 4.97. The molecule has 5 heteroatoms. The van der Waals surface area contributed by atoms with Crippen LogP contribution < -0.4 is 0 Å². The molecular formula is C30H32N2O2S. The average Bonchev–Trinajstić information content (AvgIpc) is 3.47. The fourth-order valence-corrected chi connectivity index (χ4v) is 6.31. The SMILES string of the molecule is CCC(=O)c1ccc2c(c1)nc(-c1ccccc1C)n2[C@H]1CCC[C@@H](CC(=O)c2ccc(C)s2)C1. The van der Waals surface area contributed by atoms with Gasteiger partial charge in [0.15, 0.2) is 11.6 Å². The van der Waals surface area contributed by atoms with E-state index in [0.717, 1.165) is 58.5 Å². The number of hydrogen-bond acceptors (Lipinski definition) is 4. The van der Waals surface area contributed by atoms with Crippen molar-refractivity contribution in [2.75, 3.05) is 0 Å². The van der Waals surface area contributed by atoms with Crippen molar-refractivity contribution in [2.24, 2.45) is 5.92 Å². The summed E-state index contributed by atoms with van der Waals surface area (Å²) < 4.78 is 2.39. The number of nitrogens with zero attached hydrogens (tertiary/aromatic N) is 2. The van der Waals surface area contributed by atoms with Gasteiger partial charge in [-0.15, -0.1) is 11.3 Å². The summed E-state index contributed by atoms with van der Waals surface area (Å²) in [5.74, 6) is 1.74. The lowest BCUT2D eigenvalue weighted by Gasteiger charge is -2.31. The fourth-order valence-electron chi connectivity index (χ4n) is 5.49. The van der Waals surface area contributed by atoms with Gasteiger partial charge in [-0.3, -0.25) is 9.59 Å². The predicted octanol–water partition coefficient (Wildman–Crippen LogP) is 7.98. The van der Waals surface area contributed by atoms with Crippen molar-refractivity contribution in [1.29, 1.82) is 0 Å². The Hall–Kier alpha value is -3.05. The van der Waals surface area contributed by atoms with Crippen molar-refractivity contribution in [3.8, 4) is 11.4 Å². The van der Waals surface area contributed by atoms with Gasteiger partial charge in [-0.1, -0.05) is 37.6 Å². The number of thiophene rings is 1. The highest BCUT2D eigenvalue weighted by Gasteiger charge is 2.29. The number of fused-ring (bicyclic) bond motifs is 1. The summed E-state index contributed by atoms with van der Waals surface area (Å²) in [7, 11) is 0. The van der Waals surface area contributed by atoms with Gasteiger partial charge in [0.25, 0.3) is 0 Å². The Bertz CT molecular complexity index is 1400. The molecule has 2 atom stereocenters. The number of Topliss-reactive ketones (excluding diaryl/α,β-unsaturated/α-hetero) is 2. The molecule has 0 radical (unpaired) electrons. The van der Waals surface area contributed by atoms with Crippen LogP contribution in [0.15, 0.2) is 54.6 Å².